The summed E-state index contributed by atoms with van der Waals surface area (Å²) in [6.45, 7) is 5.20. The first-order valence-corrected chi connectivity index (χ1v) is 10.2. The predicted molar refractivity (Wildman–Crippen MR) is 122 cm³/mol. The van der Waals surface area contributed by atoms with Crippen LogP contribution in [0, 0.1) is 5.82 Å². The van der Waals surface area contributed by atoms with Crippen molar-refractivity contribution < 1.29 is 4.39 Å². The largest absolute Gasteiger partial charge is 0.394 e. The molecule has 0 unspecified atom stereocenters. The highest BCUT2D eigenvalue weighted by Crippen LogP contribution is 2.24. The topological polar surface area (TPSA) is 79.1 Å². The SMILES string of the molecule is CC(C)N(CNc1ccccc1F)c1nc(NCCCc2ccccc2)ncc1N. The lowest BCUT2D eigenvalue weighted by molar-refractivity contribution is 0.627. The van der Waals surface area contributed by atoms with E-state index in [0.29, 0.717) is 29.8 Å². The molecule has 30 heavy (non-hydrogen) atoms. The predicted octanol–water partition coefficient (Wildman–Crippen LogP) is 4.53. The van der Waals surface area contributed by atoms with Gasteiger partial charge in [-0.3, -0.25) is 0 Å². The van der Waals surface area contributed by atoms with E-state index < -0.39 is 0 Å². The number of rotatable bonds is 10. The third kappa shape index (κ3) is 5.83. The standard InChI is InChI=1S/C23H29FN6/c1-17(2)30(16-28-21-13-7-6-12-19(21)24)22-20(25)15-27-23(29-22)26-14-8-11-18-9-4-3-5-10-18/h3-7,9-10,12-13,15,17,28H,8,11,14,16,25H2,1-2H3,(H,26,27,29). The Labute approximate surface area is 177 Å². The minimum absolute atomic E-state index is 0.104. The molecule has 7 heteroatoms. The molecule has 0 aliphatic carbocycles. The van der Waals surface area contributed by atoms with E-state index in [1.54, 1.807) is 24.4 Å². The maximum Gasteiger partial charge on any atom is 0.224 e. The Morgan fingerprint density at radius 2 is 1.77 bits per heavy atom. The number of nitrogens with one attached hydrogen (secondary N) is 2. The number of aryl methyl sites for hydroxylation is 1. The van der Waals surface area contributed by atoms with Crippen LogP contribution in [0.3, 0.4) is 0 Å². The van der Waals surface area contributed by atoms with Gasteiger partial charge in [-0.1, -0.05) is 42.5 Å². The van der Waals surface area contributed by atoms with Crippen molar-refractivity contribution >= 4 is 23.1 Å². The van der Waals surface area contributed by atoms with Crippen LogP contribution in [-0.2, 0) is 6.42 Å². The number of nitrogens with two attached hydrogens (primary N) is 1. The van der Waals surface area contributed by atoms with Crippen molar-refractivity contribution in [1.82, 2.24) is 9.97 Å². The smallest absolute Gasteiger partial charge is 0.224 e. The Hall–Kier alpha value is -3.35. The molecule has 0 aliphatic rings. The average Bonchev–Trinajstić information content (AvgIpc) is 2.75. The van der Waals surface area contributed by atoms with Gasteiger partial charge in [-0.2, -0.15) is 4.98 Å². The fourth-order valence-electron chi connectivity index (χ4n) is 3.11. The monoisotopic (exact) mass is 408 g/mol. The third-order valence-electron chi connectivity index (χ3n) is 4.77. The minimum Gasteiger partial charge on any atom is -0.394 e. The van der Waals surface area contributed by atoms with E-state index >= 15 is 0 Å². The van der Waals surface area contributed by atoms with Gasteiger partial charge in [0.1, 0.15) is 5.82 Å². The normalized spacial score (nSPS) is 10.8. The maximum absolute atomic E-state index is 13.9. The molecule has 4 N–H and O–H groups in total. The Kier molecular flexibility index (Phi) is 7.43. The van der Waals surface area contributed by atoms with E-state index in [-0.39, 0.29) is 11.9 Å². The van der Waals surface area contributed by atoms with Crippen molar-refractivity contribution in [3.8, 4) is 0 Å². The molecule has 1 aromatic heterocycles. The molecule has 0 bridgehead atoms. The molecule has 3 aromatic rings. The second-order valence-corrected chi connectivity index (χ2v) is 7.37. The molecule has 0 atom stereocenters. The fraction of sp³-hybridized carbons (Fsp3) is 0.304. The molecule has 0 saturated carbocycles. The van der Waals surface area contributed by atoms with Gasteiger partial charge in [0.2, 0.25) is 5.95 Å². The molecule has 1 heterocycles. The van der Waals surface area contributed by atoms with Crippen molar-refractivity contribution in [3.05, 3.63) is 72.2 Å². The van der Waals surface area contributed by atoms with E-state index in [1.807, 2.05) is 36.9 Å². The van der Waals surface area contributed by atoms with Crippen LogP contribution in [0.4, 0.5) is 27.5 Å². The van der Waals surface area contributed by atoms with Crippen molar-refractivity contribution in [2.45, 2.75) is 32.7 Å². The number of nitrogen functional groups attached to an aromatic ring is 1. The Bertz CT molecular complexity index is 932. The van der Waals surface area contributed by atoms with Crippen molar-refractivity contribution in [1.29, 1.82) is 0 Å². The van der Waals surface area contributed by atoms with Crippen LogP contribution < -0.4 is 21.3 Å². The molecule has 0 saturated heterocycles. The first-order valence-electron chi connectivity index (χ1n) is 10.2. The molecule has 2 aromatic carbocycles. The summed E-state index contributed by atoms with van der Waals surface area (Å²) in [5.74, 6) is 0.857. The summed E-state index contributed by atoms with van der Waals surface area (Å²) in [5.41, 5.74) is 8.39. The van der Waals surface area contributed by atoms with Crippen LogP contribution in [0.25, 0.3) is 0 Å². The molecule has 3 rings (SSSR count). The zero-order valence-electron chi connectivity index (χ0n) is 17.5. The summed E-state index contributed by atoms with van der Waals surface area (Å²) < 4.78 is 13.9. The van der Waals surface area contributed by atoms with Gasteiger partial charge in [-0.25, -0.2) is 9.37 Å². The van der Waals surface area contributed by atoms with Crippen LogP contribution in [-0.4, -0.2) is 29.2 Å². The van der Waals surface area contributed by atoms with Crippen molar-refractivity contribution in [2.24, 2.45) is 0 Å². The molecular weight excluding hydrogens is 379 g/mol. The summed E-state index contributed by atoms with van der Waals surface area (Å²) in [6.07, 6.45) is 3.57. The molecule has 0 spiro atoms. The number of hydrogen-bond donors (Lipinski definition) is 3. The number of hydrogen-bond acceptors (Lipinski definition) is 6. The summed E-state index contributed by atoms with van der Waals surface area (Å²) >= 11 is 0. The number of anilines is 4. The van der Waals surface area contributed by atoms with Gasteiger partial charge >= 0.3 is 0 Å². The number of nitrogens with zero attached hydrogens (tertiary/aromatic N) is 3. The second-order valence-electron chi connectivity index (χ2n) is 7.37. The van der Waals surface area contributed by atoms with E-state index in [2.05, 4.69) is 32.7 Å². The number of benzene rings is 2. The second kappa shape index (κ2) is 10.4. The lowest BCUT2D eigenvalue weighted by atomic mass is 10.1. The first-order chi connectivity index (χ1) is 14.5. The summed E-state index contributed by atoms with van der Waals surface area (Å²) in [7, 11) is 0. The lowest BCUT2D eigenvalue weighted by Crippen LogP contribution is -2.37. The van der Waals surface area contributed by atoms with E-state index in [9.17, 15) is 4.39 Å². The fourth-order valence-corrected chi connectivity index (χ4v) is 3.11. The van der Waals surface area contributed by atoms with Gasteiger partial charge in [0.15, 0.2) is 5.82 Å². The van der Waals surface area contributed by atoms with Crippen molar-refractivity contribution in [2.75, 3.05) is 34.5 Å². The Morgan fingerprint density at radius 1 is 1.03 bits per heavy atom. The van der Waals surface area contributed by atoms with Crippen LogP contribution in [0.5, 0.6) is 0 Å². The van der Waals surface area contributed by atoms with Gasteiger partial charge < -0.3 is 21.3 Å². The van der Waals surface area contributed by atoms with Crippen LogP contribution in [0.2, 0.25) is 0 Å². The minimum atomic E-state index is -0.294. The molecule has 0 amide bonds. The number of aromatic nitrogens is 2. The lowest BCUT2D eigenvalue weighted by Gasteiger charge is -2.29. The van der Waals surface area contributed by atoms with Gasteiger partial charge in [-0.15, -0.1) is 0 Å². The number of halogens is 1. The first kappa shape index (κ1) is 21.4. The quantitative estimate of drug-likeness (QED) is 0.338. The third-order valence-corrected chi connectivity index (χ3v) is 4.77. The molecule has 158 valence electrons. The zero-order valence-corrected chi connectivity index (χ0v) is 17.5. The van der Waals surface area contributed by atoms with Gasteiger partial charge in [0.05, 0.1) is 24.2 Å². The maximum atomic E-state index is 13.9. The molecule has 6 nitrogen and oxygen atoms in total. The number of para-hydroxylation sites is 1. The summed E-state index contributed by atoms with van der Waals surface area (Å²) in [6, 6.07) is 17.1. The van der Waals surface area contributed by atoms with Gasteiger partial charge in [0, 0.05) is 12.6 Å². The summed E-state index contributed by atoms with van der Waals surface area (Å²) in [4.78, 5) is 10.9. The zero-order chi connectivity index (χ0) is 21.3. The van der Waals surface area contributed by atoms with E-state index in [1.165, 1.54) is 11.6 Å². The molecule has 0 aliphatic heterocycles. The molecular formula is C23H29FN6. The highest BCUT2D eigenvalue weighted by molar-refractivity contribution is 5.64. The Balaban J connectivity index is 1.63. The van der Waals surface area contributed by atoms with Crippen LogP contribution in [0.1, 0.15) is 25.8 Å². The van der Waals surface area contributed by atoms with E-state index in [0.717, 1.165) is 19.4 Å². The van der Waals surface area contributed by atoms with Gasteiger partial charge in [0.25, 0.3) is 0 Å². The molecule has 0 radical (unpaired) electrons. The molecule has 0 fully saturated rings. The van der Waals surface area contributed by atoms with E-state index in [4.69, 9.17) is 5.73 Å². The highest BCUT2D eigenvalue weighted by Gasteiger charge is 2.17. The van der Waals surface area contributed by atoms with Gasteiger partial charge in [-0.05, 0) is 44.4 Å². The van der Waals surface area contributed by atoms with Crippen molar-refractivity contribution in [3.63, 3.8) is 0 Å². The summed E-state index contributed by atoms with van der Waals surface area (Å²) in [5, 5.41) is 6.40. The van der Waals surface area contributed by atoms with Crippen LogP contribution >= 0.6 is 0 Å². The Morgan fingerprint density at radius 3 is 2.50 bits per heavy atom. The highest BCUT2D eigenvalue weighted by atomic mass is 19.1. The van der Waals surface area contributed by atoms with Crippen LogP contribution in [0.15, 0.2) is 60.8 Å². The average molecular weight is 409 g/mol.